The molecule has 0 bridgehead atoms. The van der Waals surface area contributed by atoms with Gasteiger partial charge in [-0.2, -0.15) is 0 Å². The molecule has 0 aliphatic heterocycles. The molecule has 112 valence electrons. The molecule has 5 nitrogen and oxygen atoms in total. The van der Waals surface area contributed by atoms with Crippen molar-refractivity contribution in [3.8, 4) is 5.75 Å². The molecule has 0 saturated heterocycles. The van der Waals surface area contributed by atoms with Gasteiger partial charge in [-0.1, -0.05) is 41.4 Å². The second-order valence-corrected chi connectivity index (χ2v) is 5.05. The summed E-state index contributed by atoms with van der Waals surface area (Å²) >= 11 is 12.0. The SMILES string of the molecule is NNc1nc(NCCCOc2ccccc2)c(Cl)cc1Cl. The van der Waals surface area contributed by atoms with Crippen LogP contribution in [0.1, 0.15) is 6.42 Å². The maximum absolute atomic E-state index is 6.06. The average Bonchev–Trinajstić information content (AvgIpc) is 2.50. The van der Waals surface area contributed by atoms with Gasteiger partial charge in [0.15, 0.2) is 5.82 Å². The molecule has 1 aromatic carbocycles. The van der Waals surface area contributed by atoms with E-state index < -0.39 is 0 Å². The Morgan fingerprint density at radius 2 is 1.81 bits per heavy atom. The van der Waals surface area contributed by atoms with E-state index in [1.165, 1.54) is 0 Å². The summed E-state index contributed by atoms with van der Waals surface area (Å²) in [5.74, 6) is 7.09. The van der Waals surface area contributed by atoms with Gasteiger partial charge in [-0.05, 0) is 24.6 Å². The van der Waals surface area contributed by atoms with Crippen molar-refractivity contribution in [3.05, 3.63) is 46.4 Å². The maximum Gasteiger partial charge on any atom is 0.161 e. The molecule has 0 fully saturated rings. The van der Waals surface area contributed by atoms with Crippen LogP contribution in [0.5, 0.6) is 5.75 Å². The number of halogens is 2. The van der Waals surface area contributed by atoms with Crippen LogP contribution in [0.3, 0.4) is 0 Å². The zero-order chi connectivity index (χ0) is 15.1. The highest BCUT2D eigenvalue weighted by molar-refractivity contribution is 6.37. The lowest BCUT2D eigenvalue weighted by atomic mass is 10.3. The number of hydrazine groups is 1. The lowest BCUT2D eigenvalue weighted by Crippen LogP contribution is -2.12. The Bertz CT molecular complexity index is 581. The number of para-hydroxylation sites is 1. The van der Waals surface area contributed by atoms with E-state index >= 15 is 0 Å². The summed E-state index contributed by atoms with van der Waals surface area (Å²) in [6.07, 6.45) is 0.806. The standard InChI is InChI=1S/C14H16Cl2N4O/c15-11-9-12(16)14(20-17)19-13(11)18-7-4-8-21-10-5-2-1-3-6-10/h1-3,5-6,9H,4,7-8,17H2,(H2,18,19,20). The normalized spacial score (nSPS) is 10.2. The van der Waals surface area contributed by atoms with Crippen molar-refractivity contribution in [2.75, 3.05) is 23.9 Å². The summed E-state index contributed by atoms with van der Waals surface area (Å²) in [5.41, 5.74) is 2.42. The Morgan fingerprint density at radius 1 is 1.10 bits per heavy atom. The Balaban J connectivity index is 1.78. The minimum absolute atomic E-state index is 0.375. The number of pyridine rings is 1. The van der Waals surface area contributed by atoms with E-state index in [1.54, 1.807) is 6.07 Å². The fourth-order valence-corrected chi connectivity index (χ4v) is 2.16. The highest BCUT2D eigenvalue weighted by atomic mass is 35.5. The minimum Gasteiger partial charge on any atom is -0.494 e. The van der Waals surface area contributed by atoms with Gasteiger partial charge in [0.2, 0.25) is 0 Å². The molecule has 0 saturated carbocycles. The second-order valence-electron chi connectivity index (χ2n) is 4.24. The highest BCUT2D eigenvalue weighted by Gasteiger charge is 2.07. The first-order valence-electron chi connectivity index (χ1n) is 6.45. The number of hydrogen-bond acceptors (Lipinski definition) is 5. The molecule has 1 heterocycles. The van der Waals surface area contributed by atoms with Crippen LogP contribution in [-0.4, -0.2) is 18.1 Å². The van der Waals surface area contributed by atoms with Gasteiger partial charge in [-0.15, -0.1) is 0 Å². The summed E-state index contributed by atoms with van der Waals surface area (Å²) < 4.78 is 5.59. The summed E-state index contributed by atoms with van der Waals surface area (Å²) in [6, 6.07) is 11.3. The van der Waals surface area contributed by atoms with Crippen LogP contribution in [0.2, 0.25) is 10.0 Å². The van der Waals surface area contributed by atoms with E-state index in [9.17, 15) is 0 Å². The number of ether oxygens (including phenoxy) is 1. The van der Waals surface area contributed by atoms with Gasteiger partial charge in [0, 0.05) is 6.54 Å². The summed E-state index contributed by atoms with van der Waals surface area (Å²) in [5, 5.41) is 3.95. The van der Waals surface area contributed by atoms with E-state index in [1.807, 2.05) is 30.3 Å². The Morgan fingerprint density at radius 3 is 2.52 bits per heavy atom. The molecule has 7 heteroatoms. The molecule has 0 unspecified atom stereocenters. The third-order valence-electron chi connectivity index (χ3n) is 2.69. The van der Waals surface area contributed by atoms with Crippen LogP contribution in [-0.2, 0) is 0 Å². The zero-order valence-corrected chi connectivity index (χ0v) is 12.8. The topological polar surface area (TPSA) is 72.2 Å². The molecule has 2 aromatic rings. The number of nitrogens with zero attached hydrogens (tertiary/aromatic N) is 1. The fraction of sp³-hybridized carbons (Fsp3) is 0.214. The molecular weight excluding hydrogens is 311 g/mol. The van der Waals surface area contributed by atoms with E-state index in [-0.39, 0.29) is 0 Å². The Hall–Kier alpha value is -1.69. The quantitative estimate of drug-likeness (QED) is 0.412. The lowest BCUT2D eigenvalue weighted by Gasteiger charge is -2.11. The van der Waals surface area contributed by atoms with E-state index in [4.69, 9.17) is 33.8 Å². The molecule has 0 radical (unpaired) electrons. The van der Waals surface area contributed by atoms with Crippen LogP contribution in [0.4, 0.5) is 11.6 Å². The van der Waals surface area contributed by atoms with Crippen LogP contribution >= 0.6 is 23.2 Å². The number of nitrogen functional groups attached to an aromatic ring is 1. The minimum atomic E-state index is 0.375. The second kappa shape index (κ2) is 7.93. The first-order valence-corrected chi connectivity index (χ1v) is 7.20. The largest absolute Gasteiger partial charge is 0.494 e. The van der Waals surface area contributed by atoms with Crippen molar-refractivity contribution >= 4 is 34.8 Å². The van der Waals surface area contributed by atoms with Crippen LogP contribution in [0, 0.1) is 0 Å². The molecule has 2 rings (SSSR count). The van der Waals surface area contributed by atoms with Gasteiger partial charge in [-0.25, -0.2) is 10.8 Å². The highest BCUT2D eigenvalue weighted by Crippen LogP contribution is 2.28. The van der Waals surface area contributed by atoms with Crippen molar-refractivity contribution in [2.45, 2.75) is 6.42 Å². The molecule has 1 aromatic heterocycles. The predicted molar refractivity (Wildman–Crippen MR) is 87.1 cm³/mol. The van der Waals surface area contributed by atoms with Crippen LogP contribution in [0.15, 0.2) is 36.4 Å². The number of benzene rings is 1. The third-order valence-corrected chi connectivity index (χ3v) is 3.27. The molecular formula is C14H16Cl2N4O. The number of nitrogens with one attached hydrogen (secondary N) is 2. The van der Waals surface area contributed by atoms with Gasteiger partial charge in [0.1, 0.15) is 11.6 Å². The molecule has 0 spiro atoms. The summed E-state index contributed by atoms with van der Waals surface area (Å²) in [7, 11) is 0. The average molecular weight is 327 g/mol. The number of hydrogen-bond donors (Lipinski definition) is 3. The molecule has 21 heavy (non-hydrogen) atoms. The number of anilines is 2. The lowest BCUT2D eigenvalue weighted by molar-refractivity contribution is 0.315. The Labute approximate surface area is 133 Å². The smallest absolute Gasteiger partial charge is 0.161 e. The predicted octanol–water partition coefficient (Wildman–Crippen LogP) is 3.56. The molecule has 0 aliphatic carbocycles. The van der Waals surface area contributed by atoms with Gasteiger partial charge < -0.3 is 15.5 Å². The van der Waals surface area contributed by atoms with Crippen molar-refractivity contribution in [2.24, 2.45) is 5.84 Å². The Kier molecular flexibility index (Phi) is 5.92. The van der Waals surface area contributed by atoms with Crippen LogP contribution < -0.4 is 21.3 Å². The third kappa shape index (κ3) is 4.67. The van der Waals surface area contributed by atoms with E-state index in [0.717, 1.165) is 12.2 Å². The van der Waals surface area contributed by atoms with Crippen molar-refractivity contribution in [3.63, 3.8) is 0 Å². The monoisotopic (exact) mass is 326 g/mol. The first kappa shape index (κ1) is 15.7. The van der Waals surface area contributed by atoms with Crippen molar-refractivity contribution in [1.29, 1.82) is 0 Å². The van der Waals surface area contributed by atoms with Gasteiger partial charge in [0.05, 0.1) is 16.7 Å². The summed E-state index contributed by atoms with van der Waals surface area (Å²) in [4.78, 5) is 4.19. The van der Waals surface area contributed by atoms with Gasteiger partial charge in [-0.3, -0.25) is 0 Å². The van der Waals surface area contributed by atoms with Crippen LogP contribution in [0.25, 0.3) is 0 Å². The number of aromatic nitrogens is 1. The molecule has 4 N–H and O–H groups in total. The van der Waals surface area contributed by atoms with Gasteiger partial charge >= 0.3 is 0 Å². The number of rotatable bonds is 7. The first-order chi connectivity index (χ1) is 10.2. The van der Waals surface area contributed by atoms with Crippen molar-refractivity contribution < 1.29 is 4.74 Å². The molecule has 0 amide bonds. The number of nitrogens with two attached hydrogens (primary N) is 1. The zero-order valence-electron chi connectivity index (χ0n) is 11.3. The van der Waals surface area contributed by atoms with E-state index in [0.29, 0.717) is 34.8 Å². The molecule has 0 aliphatic rings. The molecule has 0 atom stereocenters. The van der Waals surface area contributed by atoms with Crippen molar-refractivity contribution in [1.82, 2.24) is 4.98 Å². The van der Waals surface area contributed by atoms with E-state index in [2.05, 4.69) is 15.7 Å². The van der Waals surface area contributed by atoms with Gasteiger partial charge in [0.25, 0.3) is 0 Å². The maximum atomic E-state index is 6.06. The fourth-order valence-electron chi connectivity index (χ4n) is 1.68. The summed E-state index contributed by atoms with van der Waals surface area (Å²) in [6.45, 7) is 1.27.